The summed E-state index contributed by atoms with van der Waals surface area (Å²) in [4.78, 5) is 26.2. The maximum absolute atomic E-state index is 13.3. The van der Waals surface area contributed by atoms with Crippen molar-refractivity contribution in [3.05, 3.63) is 22.5 Å². The average Bonchev–Trinajstić information content (AvgIpc) is 2.61. The highest BCUT2D eigenvalue weighted by Crippen LogP contribution is 2.61. The van der Waals surface area contributed by atoms with Crippen molar-refractivity contribution >= 4 is 11.6 Å². The second-order valence-corrected chi connectivity index (χ2v) is 9.40. The molecule has 0 heterocycles. The fourth-order valence-corrected chi connectivity index (χ4v) is 6.03. The summed E-state index contributed by atoms with van der Waals surface area (Å²) in [5.41, 5.74) is -0.517. The third kappa shape index (κ3) is 2.80. The third-order valence-corrected chi connectivity index (χ3v) is 7.12. The first-order chi connectivity index (χ1) is 13.0. The van der Waals surface area contributed by atoms with Gasteiger partial charge in [-0.25, -0.2) is 0 Å². The molecule has 28 heavy (non-hydrogen) atoms. The van der Waals surface area contributed by atoms with E-state index in [0.717, 1.165) is 12.8 Å². The van der Waals surface area contributed by atoms with Gasteiger partial charge in [0, 0.05) is 41.6 Å². The van der Waals surface area contributed by atoms with E-state index in [2.05, 4.69) is 13.8 Å². The second-order valence-electron chi connectivity index (χ2n) is 9.40. The Bertz CT molecular complexity index is 761. The number of carbonyl (C=O) groups excluding carboxylic acids is 2. The van der Waals surface area contributed by atoms with E-state index in [0.29, 0.717) is 18.6 Å². The van der Waals surface area contributed by atoms with Crippen molar-refractivity contribution in [2.45, 2.75) is 66.1 Å². The molecule has 0 spiro atoms. The molecule has 1 fully saturated rings. The number of Topliss-reactive ketones (excluding diaryl/α,β-unsaturated/α-hetero) is 2. The van der Waals surface area contributed by atoms with Gasteiger partial charge in [0.05, 0.1) is 11.7 Å². The number of carbonyl (C=O) groups is 2. The molecule has 0 radical (unpaired) electrons. The standard InChI is InChI=1S/C22H32O6/c1-6-28-19-13-14(17(26)16(25)12(15(13)24)11(2)10-23)22(5)9-7-8-21(3,4)20(22)18(19)27/h11,18-20,23-24,27H,6-10H2,1-5H3/t11-,18-,19+,20+,22-/m1/s1. The molecule has 3 aliphatic rings. The summed E-state index contributed by atoms with van der Waals surface area (Å²) >= 11 is 0. The number of ketones is 2. The number of aliphatic hydroxyl groups excluding tert-OH is 3. The summed E-state index contributed by atoms with van der Waals surface area (Å²) in [6.07, 6.45) is 0.644. The molecule has 0 amide bonds. The van der Waals surface area contributed by atoms with E-state index in [1.165, 1.54) is 0 Å². The molecular formula is C22H32O6. The van der Waals surface area contributed by atoms with E-state index < -0.39 is 35.1 Å². The van der Waals surface area contributed by atoms with Crippen LogP contribution in [-0.4, -0.2) is 52.3 Å². The van der Waals surface area contributed by atoms with Crippen LogP contribution >= 0.6 is 0 Å². The molecule has 3 aliphatic carbocycles. The van der Waals surface area contributed by atoms with Gasteiger partial charge in [0.1, 0.15) is 11.9 Å². The summed E-state index contributed by atoms with van der Waals surface area (Å²) in [7, 11) is 0. The maximum atomic E-state index is 13.3. The van der Waals surface area contributed by atoms with Gasteiger partial charge >= 0.3 is 0 Å². The number of aliphatic hydroxyl groups is 3. The van der Waals surface area contributed by atoms with Crippen LogP contribution in [-0.2, 0) is 14.3 Å². The lowest BCUT2D eigenvalue weighted by Gasteiger charge is -2.58. The molecule has 0 aromatic carbocycles. The summed E-state index contributed by atoms with van der Waals surface area (Å²) in [5.74, 6) is -2.65. The molecule has 0 saturated heterocycles. The molecule has 0 aliphatic heterocycles. The molecule has 0 aromatic heterocycles. The van der Waals surface area contributed by atoms with Crippen LogP contribution in [0.15, 0.2) is 22.5 Å². The van der Waals surface area contributed by atoms with Crippen LogP contribution in [0.3, 0.4) is 0 Å². The zero-order valence-electron chi connectivity index (χ0n) is 17.4. The monoisotopic (exact) mass is 392 g/mol. The Labute approximate surface area is 166 Å². The van der Waals surface area contributed by atoms with Crippen LogP contribution in [0.5, 0.6) is 0 Å². The number of hydrogen-bond acceptors (Lipinski definition) is 6. The highest BCUT2D eigenvalue weighted by molar-refractivity contribution is 6.50. The molecule has 1 saturated carbocycles. The highest BCUT2D eigenvalue weighted by Gasteiger charge is 2.61. The van der Waals surface area contributed by atoms with E-state index >= 15 is 0 Å². The van der Waals surface area contributed by atoms with Gasteiger partial charge in [-0.05, 0) is 25.2 Å². The highest BCUT2D eigenvalue weighted by atomic mass is 16.5. The molecule has 5 atom stereocenters. The minimum absolute atomic E-state index is 0.0831. The number of hydrogen-bond donors (Lipinski definition) is 3. The first kappa shape index (κ1) is 21.2. The number of allylic oxidation sites excluding steroid dienone is 1. The van der Waals surface area contributed by atoms with Gasteiger partial charge in [-0.1, -0.05) is 34.1 Å². The van der Waals surface area contributed by atoms with Crippen LogP contribution in [0.25, 0.3) is 0 Å². The van der Waals surface area contributed by atoms with E-state index in [-0.39, 0.29) is 34.8 Å². The van der Waals surface area contributed by atoms with Crippen LogP contribution in [0, 0.1) is 22.7 Å². The molecule has 3 N–H and O–H groups in total. The quantitative estimate of drug-likeness (QED) is 0.502. The summed E-state index contributed by atoms with van der Waals surface area (Å²) in [6.45, 7) is 9.40. The number of rotatable bonds is 4. The Hall–Kier alpha value is -1.50. The predicted molar refractivity (Wildman–Crippen MR) is 104 cm³/mol. The van der Waals surface area contributed by atoms with E-state index in [9.17, 15) is 24.9 Å². The van der Waals surface area contributed by atoms with Gasteiger partial charge in [0.15, 0.2) is 0 Å². The van der Waals surface area contributed by atoms with E-state index in [1.54, 1.807) is 13.8 Å². The minimum atomic E-state index is -0.909. The lowest BCUT2D eigenvalue weighted by atomic mass is 9.47. The van der Waals surface area contributed by atoms with Gasteiger partial charge in [0.2, 0.25) is 11.6 Å². The molecular weight excluding hydrogens is 360 g/mol. The Morgan fingerprint density at radius 2 is 1.82 bits per heavy atom. The van der Waals surface area contributed by atoms with E-state index in [1.807, 2.05) is 6.92 Å². The Morgan fingerprint density at radius 3 is 2.39 bits per heavy atom. The van der Waals surface area contributed by atoms with Crippen LogP contribution in [0.1, 0.15) is 53.9 Å². The van der Waals surface area contributed by atoms with Gasteiger partial charge in [-0.15, -0.1) is 0 Å². The van der Waals surface area contributed by atoms with Gasteiger partial charge in [-0.2, -0.15) is 0 Å². The van der Waals surface area contributed by atoms with E-state index in [4.69, 9.17) is 4.74 Å². The van der Waals surface area contributed by atoms with Crippen molar-refractivity contribution < 1.29 is 29.6 Å². The zero-order valence-corrected chi connectivity index (χ0v) is 17.4. The number of fused-ring (bicyclic) bond motifs is 2. The largest absolute Gasteiger partial charge is 0.507 e. The van der Waals surface area contributed by atoms with Crippen molar-refractivity contribution in [2.24, 2.45) is 22.7 Å². The van der Waals surface area contributed by atoms with Gasteiger partial charge in [-0.3, -0.25) is 9.59 Å². The molecule has 6 nitrogen and oxygen atoms in total. The fraction of sp³-hybridized carbons (Fsp3) is 0.727. The van der Waals surface area contributed by atoms with Crippen molar-refractivity contribution in [3.63, 3.8) is 0 Å². The Balaban J connectivity index is 2.33. The topological polar surface area (TPSA) is 104 Å². The van der Waals surface area contributed by atoms with Crippen LogP contribution in [0.4, 0.5) is 0 Å². The minimum Gasteiger partial charge on any atom is -0.507 e. The van der Waals surface area contributed by atoms with Crippen LogP contribution < -0.4 is 0 Å². The van der Waals surface area contributed by atoms with Crippen molar-refractivity contribution in [1.29, 1.82) is 0 Å². The Kier molecular flexibility index (Phi) is 5.36. The summed E-state index contributed by atoms with van der Waals surface area (Å²) in [6, 6.07) is 0. The molecule has 6 heteroatoms. The lowest BCUT2D eigenvalue weighted by molar-refractivity contribution is -0.146. The average molecular weight is 392 g/mol. The summed E-state index contributed by atoms with van der Waals surface area (Å²) in [5, 5.41) is 31.9. The van der Waals surface area contributed by atoms with Crippen molar-refractivity contribution in [3.8, 4) is 0 Å². The lowest BCUT2D eigenvalue weighted by Crippen LogP contribution is -2.60. The Morgan fingerprint density at radius 1 is 1.18 bits per heavy atom. The smallest absolute Gasteiger partial charge is 0.233 e. The van der Waals surface area contributed by atoms with Gasteiger partial charge < -0.3 is 20.1 Å². The van der Waals surface area contributed by atoms with Crippen molar-refractivity contribution in [1.82, 2.24) is 0 Å². The van der Waals surface area contributed by atoms with Crippen LogP contribution in [0.2, 0.25) is 0 Å². The predicted octanol–water partition coefficient (Wildman–Crippen LogP) is 2.49. The molecule has 0 aromatic rings. The fourth-order valence-electron chi connectivity index (χ4n) is 6.03. The SMILES string of the molecule is CCO[C@H]1C2=C(C(=O)C(=O)C([C@H](C)CO)=C2O)[C@@]2(C)CCCC(C)(C)[C@@H]2[C@@H]1O. The first-order valence-corrected chi connectivity index (χ1v) is 10.2. The molecule has 156 valence electrons. The zero-order chi connectivity index (χ0) is 21.0. The van der Waals surface area contributed by atoms with Gasteiger partial charge in [0.25, 0.3) is 0 Å². The first-order valence-electron chi connectivity index (χ1n) is 10.2. The number of ether oxygens (including phenoxy) is 1. The molecule has 0 unspecified atom stereocenters. The maximum Gasteiger partial charge on any atom is 0.233 e. The second kappa shape index (κ2) is 7.08. The molecule has 3 rings (SSSR count). The van der Waals surface area contributed by atoms with Crippen molar-refractivity contribution in [2.75, 3.05) is 13.2 Å². The summed E-state index contributed by atoms with van der Waals surface area (Å²) < 4.78 is 5.84. The third-order valence-electron chi connectivity index (χ3n) is 7.12. The normalized spacial score (nSPS) is 36.3. The molecule has 0 bridgehead atoms.